The largest absolute Gasteiger partial charge is 0.0876 e. The summed E-state index contributed by atoms with van der Waals surface area (Å²) in [6.45, 7) is 0. The van der Waals surface area contributed by atoms with E-state index >= 15 is 0 Å². The highest BCUT2D eigenvalue weighted by Crippen LogP contribution is 2.53. The summed E-state index contributed by atoms with van der Waals surface area (Å²) in [6, 6.07) is 45.2. The van der Waals surface area contributed by atoms with Crippen LogP contribution < -0.4 is 21.2 Å². The molecule has 2 aliphatic carbocycles. The van der Waals surface area contributed by atoms with Gasteiger partial charge < -0.3 is 0 Å². The molecular weight excluding hydrogens is 482 g/mol. The number of benzene rings is 4. The quantitative estimate of drug-likeness (QED) is 0.166. The van der Waals surface area contributed by atoms with Crippen LogP contribution in [0.15, 0.2) is 145 Å². The van der Waals surface area contributed by atoms with Crippen molar-refractivity contribution in [2.75, 3.05) is 0 Å². The molecule has 0 aliphatic heterocycles. The molecule has 4 aromatic carbocycles. The summed E-state index contributed by atoms with van der Waals surface area (Å²) in [4.78, 5) is 0. The van der Waals surface area contributed by atoms with E-state index in [0.29, 0.717) is 17.2 Å². The third kappa shape index (κ3) is 5.43. The van der Waals surface area contributed by atoms with Crippen LogP contribution in [0.3, 0.4) is 0 Å². The highest BCUT2D eigenvalue weighted by atomic mass is 31.1. The molecule has 6 rings (SSSR count). The normalized spacial score (nSPS) is 21.0. The van der Waals surface area contributed by atoms with Crippen molar-refractivity contribution in [3.05, 3.63) is 145 Å². The standard InChI is InChI=1S/C35H34P2/c1-5-17-30(18-6-1)36(31-19-7-2-8-20-31)34-25-13-15-28(34)27-29-16-14-26-35(29)37(32-21-9-3-10-22-32)33-23-11-4-12-24-33/h1-13,15-24,28,34-35H,14,25-27H2/t28-,34?,35?/m1/s1. The van der Waals surface area contributed by atoms with Crippen LogP contribution in [0.2, 0.25) is 0 Å². The maximum absolute atomic E-state index is 2.60. The molecule has 3 atom stereocenters. The molecule has 0 spiro atoms. The Hall–Kier alpha value is -2.78. The van der Waals surface area contributed by atoms with Crippen molar-refractivity contribution in [1.82, 2.24) is 0 Å². The van der Waals surface area contributed by atoms with E-state index in [2.05, 4.69) is 140 Å². The summed E-state index contributed by atoms with van der Waals surface area (Å²) in [5.41, 5.74) is 2.99. The van der Waals surface area contributed by atoms with Gasteiger partial charge in [-0.3, -0.25) is 0 Å². The van der Waals surface area contributed by atoms with Crippen molar-refractivity contribution in [3.8, 4) is 0 Å². The SMILES string of the molecule is C1=C[C@H](CC2=CCCC2P(c2ccccc2)c2ccccc2)C(P(c2ccccc2)c2ccccc2)C1. The molecule has 0 radical (unpaired) electrons. The Morgan fingerprint density at radius 1 is 0.568 bits per heavy atom. The third-order valence-electron chi connectivity index (χ3n) is 7.78. The Labute approximate surface area is 224 Å². The Bertz CT molecular complexity index is 1250. The van der Waals surface area contributed by atoms with Crippen LogP contribution in [-0.2, 0) is 0 Å². The third-order valence-corrected chi connectivity index (χ3v) is 13.7. The van der Waals surface area contributed by atoms with Crippen LogP contribution >= 0.6 is 15.8 Å². The lowest BCUT2D eigenvalue weighted by Crippen LogP contribution is -2.27. The molecule has 2 unspecified atom stereocenters. The Morgan fingerprint density at radius 3 is 1.51 bits per heavy atom. The molecule has 37 heavy (non-hydrogen) atoms. The van der Waals surface area contributed by atoms with Gasteiger partial charge in [-0.2, -0.15) is 0 Å². The summed E-state index contributed by atoms with van der Waals surface area (Å²) in [6.07, 6.45) is 12.5. The molecular formula is C35H34P2. The maximum Gasteiger partial charge on any atom is 0.00840 e. The minimum atomic E-state index is -0.416. The minimum Gasteiger partial charge on any atom is -0.0876 e. The molecule has 2 heteroatoms. The van der Waals surface area contributed by atoms with Crippen molar-refractivity contribution in [2.45, 2.75) is 37.0 Å². The average molecular weight is 517 g/mol. The van der Waals surface area contributed by atoms with Gasteiger partial charge in [0.25, 0.3) is 0 Å². The lowest BCUT2D eigenvalue weighted by molar-refractivity contribution is 0.628. The zero-order valence-electron chi connectivity index (χ0n) is 21.2. The van der Waals surface area contributed by atoms with E-state index < -0.39 is 15.8 Å². The van der Waals surface area contributed by atoms with Gasteiger partial charge in [0.1, 0.15) is 0 Å². The number of rotatable bonds is 8. The summed E-state index contributed by atoms with van der Waals surface area (Å²) in [7, 11) is -0.829. The van der Waals surface area contributed by atoms with Crippen molar-refractivity contribution in [3.63, 3.8) is 0 Å². The maximum atomic E-state index is 2.60. The van der Waals surface area contributed by atoms with Gasteiger partial charge in [-0.25, -0.2) is 0 Å². The molecule has 2 aliphatic rings. The van der Waals surface area contributed by atoms with E-state index in [4.69, 9.17) is 0 Å². The second-order valence-corrected chi connectivity index (χ2v) is 14.9. The predicted octanol–water partition coefficient (Wildman–Crippen LogP) is 7.68. The van der Waals surface area contributed by atoms with Crippen molar-refractivity contribution >= 4 is 37.1 Å². The van der Waals surface area contributed by atoms with Gasteiger partial charge in [-0.1, -0.05) is 145 Å². The van der Waals surface area contributed by atoms with Gasteiger partial charge >= 0.3 is 0 Å². The predicted molar refractivity (Wildman–Crippen MR) is 165 cm³/mol. The fourth-order valence-corrected chi connectivity index (χ4v) is 12.1. The molecule has 0 nitrogen and oxygen atoms in total. The average Bonchev–Trinajstić information content (AvgIpc) is 3.62. The number of hydrogen-bond donors (Lipinski definition) is 0. The Morgan fingerprint density at radius 2 is 1.03 bits per heavy atom. The first-order chi connectivity index (χ1) is 18.4. The van der Waals surface area contributed by atoms with E-state index in [9.17, 15) is 0 Å². The van der Waals surface area contributed by atoms with E-state index in [1.165, 1.54) is 46.9 Å². The Balaban J connectivity index is 1.31. The molecule has 0 N–H and O–H groups in total. The molecule has 0 amide bonds. The fourth-order valence-electron chi connectivity index (χ4n) is 6.13. The van der Waals surface area contributed by atoms with Crippen LogP contribution in [0.1, 0.15) is 25.7 Å². The first kappa shape index (κ1) is 24.6. The van der Waals surface area contributed by atoms with Crippen LogP contribution in [-0.4, -0.2) is 11.3 Å². The van der Waals surface area contributed by atoms with Crippen molar-refractivity contribution in [2.24, 2.45) is 5.92 Å². The molecule has 0 fully saturated rings. The second-order valence-electron chi connectivity index (χ2n) is 10.1. The molecule has 0 bridgehead atoms. The summed E-state index contributed by atoms with van der Waals surface area (Å²) in [5.74, 6) is 0.599. The molecule has 0 aromatic heterocycles. The monoisotopic (exact) mass is 516 g/mol. The van der Waals surface area contributed by atoms with Gasteiger partial charge in [0.05, 0.1) is 0 Å². The number of allylic oxidation sites excluding steroid dienone is 4. The zero-order chi connectivity index (χ0) is 24.9. The lowest BCUT2D eigenvalue weighted by Gasteiger charge is -2.33. The molecule has 184 valence electrons. The lowest BCUT2D eigenvalue weighted by atomic mass is 9.98. The van der Waals surface area contributed by atoms with Gasteiger partial charge in [0.2, 0.25) is 0 Å². The smallest absolute Gasteiger partial charge is 0.00840 e. The van der Waals surface area contributed by atoms with E-state index in [1.807, 2.05) is 0 Å². The highest BCUT2D eigenvalue weighted by molar-refractivity contribution is 7.74. The summed E-state index contributed by atoms with van der Waals surface area (Å²) >= 11 is 0. The summed E-state index contributed by atoms with van der Waals surface area (Å²) < 4.78 is 0. The highest BCUT2D eigenvalue weighted by Gasteiger charge is 2.36. The van der Waals surface area contributed by atoms with Gasteiger partial charge in [0, 0.05) is 5.66 Å². The fraction of sp³-hybridized carbons (Fsp3) is 0.200. The molecule has 0 saturated heterocycles. The Kier molecular flexibility index (Phi) is 7.78. The minimum absolute atomic E-state index is 0.413. The van der Waals surface area contributed by atoms with Crippen LogP contribution in [0.4, 0.5) is 0 Å². The zero-order valence-corrected chi connectivity index (χ0v) is 23.0. The number of hydrogen-bond acceptors (Lipinski definition) is 0. The summed E-state index contributed by atoms with van der Waals surface area (Å²) in [5, 5.41) is 6.04. The van der Waals surface area contributed by atoms with Crippen LogP contribution in [0.5, 0.6) is 0 Å². The van der Waals surface area contributed by atoms with Crippen molar-refractivity contribution in [1.29, 1.82) is 0 Å². The van der Waals surface area contributed by atoms with E-state index in [0.717, 1.165) is 0 Å². The van der Waals surface area contributed by atoms with Crippen LogP contribution in [0.25, 0.3) is 0 Å². The van der Waals surface area contributed by atoms with Crippen molar-refractivity contribution < 1.29 is 0 Å². The van der Waals surface area contributed by atoms with E-state index in [1.54, 1.807) is 5.57 Å². The first-order valence-electron chi connectivity index (χ1n) is 13.5. The van der Waals surface area contributed by atoms with Gasteiger partial charge in [-0.15, -0.1) is 0 Å². The van der Waals surface area contributed by atoms with Gasteiger partial charge in [0.15, 0.2) is 0 Å². The van der Waals surface area contributed by atoms with Crippen LogP contribution in [0, 0.1) is 5.92 Å². The molecule has 0 saturated carbocycles. The topological polar surface area (TPSA) is 0 Å². The second kappa shape index (κ2) is 11.7. The van der Waals surface area contributed by atoms with E-state index in [-0.39, 0.29) is 0 Å². The molecule has 0 heterocycles. The van der Waals surface area contributed by atoms with Gasteiger partial charge in [-0.05, 0) is 74.3 Å². The first-order valence-corrected chi connectivity index (χ1v) is 16.3. The molecule has 4 aromatic rings.